The average Bonchev–Trinajstić information content (AvgIpc) is 4.01. The van der Waals surface area contributed by atoms with Crippen molar-refractivity contribution in [1.82, 2.24) is 29.5 Å². The maximum absolute atomic E-state index is 17.2. The number of halogens is 1. The van der Waals surface area contributed by atoms with Crippen molar-refractivity contribution in [2.24, 2.45) is 14.1 Å². The van der Waals surface area contributed by atoms with Crippen molar-refractivity contribution in [3.05, 3.63) is 125 Å². The molecule has 0 spiro atoms. The number of piperazine rings is 1. The number of nitrogens with zero attached hydrogens (tertiary/aromatic N) is 7. The molecule has 3 aliphatic rings. The fourth-order valence-corrected chi connectivity index (χ4v) is 9.70. The standard InChI is InChI=1S/C50H47FN10O6/c1-52-47(64)30-6-4-7-31(26-30)53-49(66)46-44-39(57(3)55-46)18-16-36(45(44)51)35-15-13-34(60-21-5-8-43(60)63)27-37(35)29-9-11-32(12-10-29)58-22-24-59(25-23-58)33-14-17-38-41(28-33)56(2)50(67)61(38)40-19-20-42(62)54-48(40)65/h4,6-7,9-18,26-28,40H,5,8,19-25H2,1-3H3,(H,52,64)(H,53,66)(H,54,62,65). The Kier molecular flexibility index (Phi) is 10.9. The summed E-state index contributed by atoms with van der Waals surface area (Å²) in [6.45, 7) is 3.45. The second-order valence-electron chi connectivity index (χ2n) is 17.2. The Hall–Kier alpha value is -8.08. The van der Waals surface area contributed by atoms with Gasteiger partial charge in [-0.05, 0) is 102 Å². The molecule has 5 amide bonds. The van der Waals surface area contributed by atoms with Crippen LogP contribution in [-0.2, 0) is 28.5 Å². The van der Waals surface area contributed by atoms with Gasteiger partial charge in [0, 0.05) is 101 Å². The molecule has 0 aliphatic carbocycles. The van der Waals surface area contributed by atoms with Gasteiger partial charge < -0.3 is 25.3 Å². The Bertz CT molecular complexity index is 3260. The van der Waals surface area contributed by atoms with E-state index in [1.54, 1.807) is 53.9 Å². The predicted molar refractivity (Wildman–Crippen MR) is 254 cm³/mol. The molecular weight excluding hydrogens is 856 g/mol. The minimum atomic E-state index is -0.751. The summed E-state index contributed by atoms with van der Waals surface area (Å²) >= 11 is 0. The van der Waals surface area contributed by atoms with Crippen molar-refractivity contribution < 1.29 is 28.4 Å². The molecule has 0 radical (unpaired) electrons. The van der Waals surface area contributed by atoms with Crippen molar-refractivity contribution >= 4 is 74.2 Å². The Morgan fingerprint density at radius 1 is 0.716 bits per heavy atom. The van der Waals surface area contributed by atoms with Gasteiger partial charge in [-0.1, -0.05) is 24.3 Å². The van der Waals surface area contributed by atoms with Gasteiger partial charge in [0.1, 0.15) is 11.9 Å². The fourth-order valence-electron chi connectivity index (χ4n) is 9.70. The van der Waals surface area contributed by atoms with E-state index in [0.29, 0.717) is 70.7 Å². The highest BCUT2D eigenvalue weighted by atomic mass is 19.1. The first-order valence-corrected chi connectivity index (χ1v) is 22.3. The lowest BCUT2D eigenvalue weighted by molar-refractivity contribution is -0.135. The number of aryl methyl sites for hydroxylation is 2. The third-order valence-corrected chi connectivity index (χ3v) is 13.2. The topological polar surface area (TPSA) is 176 Å². The van der Waals surface area contributed by atoms with Crippen molar-refractivity contribution in [2.75, 3.05) is 59.8 Å². The third-order valence-electron chi connectivity index (χ3n) is 13.2. The molecule has 67 heavy (non-hydrogen) atoms. The van der Waals surface area contributed by atoms with Gasteiger partial charge in [-0.2, -0.15) is 5.10 Å². The van der Waals surface area contributed by atoms with Crippen molar-refractivity contribution in [3.63, 3.8) is 0 Å². The van der Waals surface area contributed by atoms with Crippen LogP contribution in [-0.4, -0.2) is 88.2 Å². The number of aromatic nitrogens is 4. The summed E-state index contributed by atoms with van der Waals surface area (Å²) in [5, 5.41) is 12.2. The summed E-state index contributed by atoms with van der Waals surface area (Å²) in [7, 11) is 4.86. The largest absolute Gasteiger partial charge is 0.368 e. The number of benzene rings is 5. The maximum Gasteiger partial charge on any atom is 0.329 e. The molecule has 0 saturated carbocycles. The molecule has 3 saturated heterocycles. The van der Waals surface area contributed by atoms with Crippen LogP contribution in [0.3, 0.4) is 0 Å². The number of carbonyl (C=O) groups is 5. The molecule has 5 aromatic carbocycles. The van der Waals surface area contributed by atoms with E-state index in [0.717, 1.165) is 36.4 Å². The highest BCUT2D eigenvalue weighted by Gasteiger charge is 2.32. The number of carbonyl (C=O) groups excluding carboxylic acids is 5. The van der Waals surface area contributed by atoms with Crippen LogP contribution >= 0.6 is 0 Å². The molecule has 2 aromatic heterocycles. The summed E-state index contributed by atoms with van der Waals surface area (Å²) in [5.74, 6) is -2.34. The predicted octanol–water partition coefficient (Wildman–Crippen LogP) is 5.74. The molecule has 17 heteroatoms. The van der Waals surface area contributed by atoms with E-state index in [4.69, 9.17) is 0 Å². The van der Waals surface area contributed by atoms with Gasteiger partial charge in [0.05, 0.1) is 21.9 Å². The molecule has 7 aromatic rings. The maximum atomic E-state index is 17.2. The average molecular weight is 903 g/mol. The number of anilines is 4. The Morgan fingerprint density at radius 3 is 2.13 bits per heavy atom. The van der Waals surface area contributed by atoms with Gasteiger partial charge in [-0.25, -0.2) is 9.18 Å². The van der Waals surface area contributed by atoms with Crippen molar-refractivity contribution in [3.8, 4) is 22.3 Å². The highest BCUT2D eigenvalue weighted by Crippen LogP contribution is 2.40. The van der Waals surface area contributed by atoms with Gasteiger partial charge in [0.15, 0.2) is 5.69 Å². The molecule has 3 N–H and O–H groups in total. The van der Waals surface area contributed by atoms with E-state index in [1.165, 1.54) is 22.4 Å². The smallest absolute Gasteiger partial charge is 0.329 e. The van der Waals surface area contributed by atoms with E-state index in [-0.39, 0.29) is 52.9 Å². The molecule has 1 unspecified atom stereocenters. The molecule has 3 fully saturated rings. The van der Waals surface area contributed by atoms with Crippen LogP contribution in [0.25, 0.3) is 44.2 Å². The highest BCUT2D eigenvalue weighted by molar-refractivity contribution is 6.12. The van der Waals surface area contributed by atoms with E-state index < -0.39 is 23.7 Å². The molecule has 10 rings (SSSR count). The second-order valence-corrected chi connectivity index (χ2v) is 17.2. The number of fused-ring (bicyclic) bond motifs is 2. The summed E-state index contributed by atoms with van der Waals surface area (Å²) in [4.78, 5) is 83.1. The number of imidazole rings is 1. The SMILES string of the molecule is CNC(=O)c1cccc(NC(=O)c2nn(C)c3ccc(-c4ccc(N5CCCC5=O)cc4-c4ccc(N5CCN(c6ccc7c(c6)n(C)c(=O)n7C6CCC(=O)NC6=O)CC5)cc4)c(F)c23)c1. The zero-order valence-electron chi connectivity index (χ0n) is 37.1. The Labute approximate surface area is 383 Å². The summed E-state index contributed by atoms with van der Waals surface area (Å²) in [5.41, 5.74) is 7.10. The number of rotatable bonds is 9. The van der Waals surface area contributed by atoms with Crippen LogP contribution in [0.15, 0.2) is 102 Å². The first-order valence-electron chi connectivity index (χ1n) is 22.3. The number of hydrogen-bond donors (Lipinski definition) is 3. The van der Waals surface area contributed by atoms with Crippen LogP contribution in [0.4, 0.5) is 27.1 Å². The monoisotopic (exact) mass is 902 g/mol. The van der Waals surface area contributed by atoms with Gasteiger partial charge >= 0.3 is 5.69 Å². The minimum Gasteiger partial charge on any atom is -0.368 e. The van der Waals surface area contributed by atoms with Crippen molar-refractivity contribution in [1.29, 1.82) is 0 Å². The van der Waals surface area contributed by atoms with Gasteiger partial charge in [-0.15, -0.1) is 0 Å². The van der Waals surface area contributed by atoms with Crippen LogP contribution in [0.1, 0.15) is 52.6 Å². The fraction of sp³-hybridized carbons (Fsp3) is 0.260. The molecule has 0 bridgehead atoms. The number of piperidine rings is 1. The molecule has 3 aliphatic heterocycles. The third kappa shape index (κ3) is 7.64. The molecule has 5 heterocycles. The summed E-state index contributed by atoms with van der Waals surface area (Å²) in [6.07, 6.45) is 1.65. The second kappa shape index (κ2) is 17.0. The van der Waals surface area contributed by atoms with Gasteiger partial charge in [0.25, 0.3) is 11.8 Å². The number of hydrogen-bond acceptors (Lipinski definition) is 9. The molecule has 340 valence electrons. The van der Waals surface area contributed by atoms with Crippen LogP contribution in [0.5, 0.6) is 0 Å². The molecule has 1 atom stereocenters. The first kappa shape index (κ1) is 42.8. The first-order chi connectivity index (χ1) is 32.4. The van der Waals surface area contributed by atoms with Crippen LogP contribution < -0.4 is 36.3 Å². The molecule has 16 nitrogen and oxygen atoms in total. The van der Waals surface area contributed by atoms with Crippen LogP contribution in [0.2, 0.25) is 0 Å². The normalized spacial score (nSPS) is 16.6. The van der Waals surface area contributed by atoms with E-state index in [1.807, 2.05) is 60.7 Å². The quantitative estimate of drug-likeness (QED) is 0.153. The van der Waals surface area contributed by atoms with E-state index >= 15 is 4.39 Å². The van der Waals surface area contributed by atoms with Crippen molar-refractivity contribution in [2.45, 2.75) is 31.7 Å². The molecular formula is C50H47FN10O6. The lowest BCUT2D eigenvalue weighted by Gasteiger charge is -2.37. The van der Waals surface area contributed by atoms with E-state index in [9.17, 15) is 28.8 Å². The lowest BCUT2D eigenvalue weighted by atomic mass is 9.92. The Balaban J connectivity index is 0.920. The zero-order valence-corrected chi connectivity index (χ0v) is 37.1. The summed E-state index contributed by atoms with van der Waals surface area (Å²) < 4.78 is 21.7. The van der Waals surface area contributed by atoms with E-state index in [2.05, 4.69) is 30.8 Å². The number of amides is 5. The Morgan fingerprint density at radius 2 is 1.42 bits per heavy atom. The minimum absolute atomic E-state index is 0.0299. The number of nitrogens with one attached hydrogen (secondary N) is 3. The summed E-state index contributed by atoms with van der Waals surface area (Å²) in [6, 6.07) is 28.6. The zero-order chi connectivity index (χ0) is 46.7. The lowest BCUT2D eigenvalue weighted by Crippen LogP contribution is -2.46. The van der Waals surface area contributed by atoms with Crippen LogP contribution in [0, 0.1) is 5.82 Å². The van der Waals surface area contributed by atoms with Gasteiger partial charge in [-0.3, -0.25) is 43.1 Å². The van der Waals surface area contributed by atoms with Gasteiger partial charge in [0.2, 0.25) is 17.7 Å². The number of imide groups is 1.